The van der Waals surface area contributed by atoms with Gasteiger partial charge in [-0.05, 0) is 84.7 Å². The van der Waals surface area contributed by atoms with Crippen LogP contribution in [0.2, 0.25) is 0 Å². The monoisotopic (exact) mass is 451 g/mol. The first-order chi connectivity index (χ1) is 16.7. The summed E-state index contributed by atoms with van der Waals surface area (Å²) in [6.07, 6.45) is 6.81. The quantitative estimate of drug-likeness (QED) is 0.446. The minimum absolute atomic E-state index is 0.135. The van der Waals surface area contributed by atoms with E-state index in [2.05, 4.69) is 45.2 Å². The minimum Gasteiger partial charge on any atom is -0.497 e. The number of amides is 1. The summed E-state index contributed by atoms with van der Waals surface area (Å²) in [5.74, 6) is 1.41. The van der Waals surface area contributed by atoms with Crippen molar-refractivity contribution >= 4 is 16.9 Å². The second-order valence-electron chi connectivity index (χ2n) is 9.50. The molecule has 0 bridgehead atoms. The van der Waals surface area contributed by atoms with Crippen molar-refractivity contribution in [2.45, 2.75) is 44.1 Å². The molecule has 1 aliphatic heterocycles. The van der Waals surface area contributed by atoms with E-state index in [0.29, 0.717) is 5.92 Å². The van der Waals surface area contributed by atoms with Crippen molar-refractivity contribution in [2.24, 2.45) is 0 Å². The Bertz CT molecular complexity index is 1340. The Morgan fingerprint density at radius 2 is 2.00 bits per heavy atom. The number of piperidine rings is 1. The zero-order valence-corrected chi connectivity index (χ0v) is 19.5. The van der Waals surface area contributed by atoms with E-state index in [1.54, 1.807) is 13.4 Å². The van der Waals surface area contributed by atoms with Gasteiger partial charge >= 0.3 is 0 Å². The standard InChI is InChI=1S/C29H29N3O2/c1-34-23-11-7-19(8-12-23)16-21-5-2-4-20-10-14-27-24(28(20)21)6-3-15-32(27)29(33)22-9-13-25-26(17-22)31-18-30-25/h2,4-5,7-9,11-13,17-18,24,27H,3,6,10,14-16H2,1H3,(H,30,31)/t24-,27-/m1/s1. The van der Waals surface area contributed by atoms with Gasteiger partial charge in [0.2, 0.25) is 0 Å². The summed E-state index contributed by atoms with van der Waals surface area (Å²) >= 11 is 0. The number of rotatable bonds is 4. The van der Waals surface area contributed by atoms with Crippen LogP contribution >= 0.6 is 0 Å². The number of H-pyrrole nitrogens is 1. The highest BCUT2D eigenvalue weighted by Gasteiger charge is 2.39. The fourth-order valence-electron chi connectivity index (χ4n) is 6.01. The number of aryl methyl sites for hydroxylation is 1. The number of carbonyl (C=O) groups excluding carboxylic acids is 1. The number of fused-ring (bicyclic) bond motifs is 4. The van der Waals surface area contributed by atoms with Gasteiger partial charge in [0.1, 0.15) is 5.75 Å². The van der Waals surface area contributed by atoms with Gasteiger partial charge in [0.05, 0.1) is 24.5 Å². The molecule has 2 heterocycles. The zero-order valence-electron chi connectivity index (χ0n) is 19.5. The zero-order chi connectivity index (χ0) is 23.1. The fourth-order valence-corrected chi connectivity index (χ4v) is 6.01. The van der Waals surface area contributed by atoms with Crippen molar-refractivity contribution in [3.63, 3.8) is 0 Å². The maximum absolute atomic E-state index is 13.6. The Morgan fingerprint density at radius 3 is 2.85 bits per heavy atom. The SMILES string of the molecule is COc1ccc(Cc2cccc3c2[C@@H]2CCCN(C(=O)c4ccc5[nH]cnc5c4)[C@@H]2CC3)cc1. The molecule has 1 aromatic heterocycles. The van der Waals surface area contributed by atoms with Crippen molar-refractivity contribution in [1.82, 2.24) is 14.9 Å². The molecule has 0 spiro atoms. The number of benzene rings is 3. The lowest BCUT2D eigenvalue weighted by Gasteiger charge is -2.45. The maximum atomic E-state index is 13.6. The molecule has 2 aliphatic rings. The Balaban J connectivity index is 1.31. The molecule has 5 heteroatoms. The summed E-state index contributed by atoms with van der Waals surface area (Å²) in [5.41, 5.74) is 8.15. The van der Waals surface area contributed by atoms with Crippen LogP contribution in [0.1, 0.15) is 57.8 Å². The summed E-state index contributed by atoms with van der Waals surface area (Å²) in [6, 6.07) is 21.2. The Kier molecular flexibility index (Phi) is 5.33. The minimum atomic E-state index is 0.135. The van der Waals surface area contributed by atoms with E-state index in [-0.39, 0.29) is 11.9 Å². The number of likely N-dealkylation sites (tertiary alicyclic amines) is 1. The molecule has 0 unspecified atom stereocenters. The summed E-state index contributed by atoms with van der Waals surface area (Å²) in [5, 5.41) is 0. The van der Waals surface area contributed by atoms with E-state index in [0.717, 1.165) is 61.0 Å². The van der Waals surface area contributed by atoms with Crippen LogP contribution in [-0.4, -0.2) is 40.5 Å². The van der Waals surface area contributed by atoms with Crippen LogP contribution in [0.4, 0.5) is 0 Å². The summed E-state index contributed by atoms with van der Waals surface area (Å²) in [6.45, 7) is 0.828. The molecule has 0 saturated carbocycles. The van der Waals surface area contributed by atoms with Gasteiger partial charge in [-0.2, -0.15) is 0 Å². The average Bonchev–Trinajstić information content (AvgIpc) is 3.36. The first-order valence-electron chi connectivity index (χ1n) is 12.2. The molecule has 3 aromatic carbocycles. The third-order valence-corrected chi connectivity index (χ3v) is 7.63. The highest BCUT2D eigenvalue weighted by atomic mass is 16.5. The van der Waals surface area contributed by atoms with Gasteiger partial charge < -0.3 is 14.6 Å². The Morgan fingerprint density at radius 1 is 1.12 bits per heavy atom. The molecular formula is C29H29N3O2. The molecule has 1 amide bonds. The number of hydrogen-bond donors (Lipinski definition) is 1. The number of nitrogens with zero attached hydrogens (tertiary/aromatic N) is 2. The third-order valence-electron chi connectivity index (χ3n) is 7.63. The van der Waals surface area contributed by atoms with Gasteiger partial charge in [-0.25, -0.2) is 4.98 Å². The molecule has 6 rings (SSSR count). The van der Waals surface area contributed by atoms with Crippen LogP contribution in [0.25, 0.3) is 11.0 Å². The number of carbonyl (C=O) groups is 1. The molecule has 1 saturated heterocycles. The number of hydrogen-bond acceptors (Lipinski definition) is 3. The van der Waals surface area contributed by atoms with Gasteiger partial charge in [0.25, 0.3) is 5.91 Å². The van der Waals surface area contributed by atoms with Crippen LogP contribution in [0, 0.1) is 0 Å². The molecule has 1 fully saturated rings. The maximum Gasteiger partial charge on any atom is 0.254 e. The number of aromatic nitrogens is 2. The molecule has 4 aromatic rings. The molecule has 0 radical (unpaired) electrons. The predicted octanol–water partition coefficient (Wildman–Crippen LogP) is 5.50. The van der Waals surface area contributed by atoms with Gasteiger partial charge in [-0.3, -0.25) is 4.79 Å². The van der Waals surface area contributed by atoms with Crippen molar-refractivity contribution in [1.29, 1.82) is 0 Å². The van der Waals surface area contributed by atoms with E-state index in [1.807, 2.05) is 30.3 Å². The smallest absolute Gasteiger partial charge is 0.254 e. The number of ether oxygens (including phenoxy) is 1. The van der Waals surface area contributed by atoms with E-state index in [1.165, 1.54) is 22.3 Å². The van der Waals surface area contributed by atoms with Gasteiger partial charge in [-0.1, -0.05) is 30.3 Å². The lowest BCUT2D eigenvalue weighted by molar-refractivity contribution is 0.0546. The van der Waals surface area contributed by atoms with Crippen LogP contribution in [0.15, 0.2) is 67.0 Å². The fraction of sp³-hybridized carbons (Fsp3) is 0.310. The van der Waals surface area contributed by atoms with Gasteiger partial charge in [-0.15, -0.1) is 0 Å². The van der Waals surface area contributed by atoms with Crippen LogP contribution in [0.3, 0.4) is 0 Å². The van der Waals surface area contributed by atoms with E-state index in [4.69, 9.17) is 4.74 Å². The summed E-state index contributed by atoms with van der Waals surface area (Å²) < 4.78 is 5.33. The topological polar surface area (TPSA) is 58.2 Å². The first kappa shape index (κ1) is 21.0. The largest absolute Gasteiger partial charge is 0.497 e. The highest BCUT2D eigenvalue weighted by molar-refractivity contribution is 5.97. The first-order valence-corrected chi connectivity index (χ1v) is 12.2. The highest BCUT2D eigenvalue weighted by Crippen LogP contribution is 2.43. The van der Waals surface area contributed by atoms with Crippen LogP contribution in [-0.2, 0) is 12.8 Å². The average molecular weight is 452 g/mol. The molecule has 34 heavy (non-hydrogen) atoms. The molecule has 2 atom stereocenters. The van der Waals surface area contributed by atoms with Crippen LogP contribution in [0.5, 0.6) is 5.75 Å². The van der Waals surface area contributed by atoms with E-state index < -0.39 is 0 Å². The predicted molar refractivity (Wildman–Crippen MR) is 133 cm³/mol. The van der Waals surface area contributed by atoms with Gasteiger partial charge in [0.15, 0.2) is 0 Å². The van der Waals surface area contributed by atoms with Gasteiger partial charge in [0, 0.05) is 24.1 Å². The number of aromatic amines is 1. The van der Waals surface area contributed by atoms with Crippen molar-refractivity contribution < 1.29 is 9.53 Å². The molecular weight excluding hydrogens is 422 g/mol. The van der Waals surface area contributed by atoms with E-state index >= 15 is 0 Å². The molecule has 1 N–H and O–H groups in total. The Hall–Kier alpha value is -3.60. The van der Waals surface area contributed by atoms with Crippen molar-refractivity contribution in [2.75, 3.05) is 13.7 Å². The molecule has 5 nitrogen and oxygen atoms in total. The second-order valence-corrected chi connectivity index (χ2v) is 9.50. The normalized spacial score (nSPS) is 19.5. The Labute approximate surface area is 199 Å². The van der Waals surface area contributed by atoms with Crippen LogP contribution < -0.4 is 4.74 Å². The lowest BCUT2D eigenvalue weighted by Crippen LogP contribution is -2.49. The molecule has 1 aliphatic carbocycles. The lowest BCUT2D eigenvalue weighted by atomic mass is 9.72. The van der Waals surface area contributed by atoms with Crippen molar-refractivity contribution in [3.05, 3.63) is 94.8 Å². The number of nitrogens with one attached hydrogen (secondary N) is 1. The van der Waals surface area contributed by atoms with E-state index in [9.17, 15) is 4.79 Å². The number of methoxy groups -OCH3 is 1. The second kappa shape index (κ2) is 8.64. The van der Waals surface area contributed by atoms with Crippen molar-refractivity contribution in [3.8, 4) is 5.75 Å². The summed E-state index contributed by atoms with van der Waals surface area (Å²) in [7, 11) is 1.70. The number of imidazole rings is 1. The molecule has 172 valence electrons. The summed E-state index contributed by atoms with van der Waals surface area (Å²) in [4.78, 5) is 23.2. The third kappa shape index (κ3) is 3.65.